The fourth-order valence-electron chi connectivity index (χ4n) is 4.71. The number of nitrogens with zero attached hydrogens (tertiary/aromatic N) is 5. The summed E-state index contributed by atoms with van der Waals surface area (Å²) in [5.41, 5.74) is 2.80. The van der Waals surface area contributed by atoms with Crippen LogP contribution in [0.3, 0.4) is 0 Å². The minimum atomic E-state index is -0.869. The molecule has 9 heteroatoms. The lowest BCUT2D eigenvalue weighted by molar-refractivity contribution is 0.0507. The fraction of sp³-hybridized carbons (Fsp3) is 0.481. The summed E-state index contributed by atoms with van der Waals surface area (Å²) < 4.78 is 7.11. The van der Waals surface area contributed by atoms with Crippen LogP contribution in [0.4, 0.5) is 10.6 Å². The maximum Gasteiger partial charge on any atom is 0.407 e. The van der Waals surface area contributed by atoms with Gasteiger partial charge < -0.3 is 20.1 Å². The highest BCUT2D eigenvalue weighted by molar-refractivity contribution is 5.85. The van der Waals surface area contributed by atoms with Crippen LogP contribution < -0.4 is 10.2 Å². The largest absolute Gasteiger partial charge is 0.444 e. The number of pyridine rings is 1. The lowest BCUT2D eigenvalue weighted by Gasteiger charge is -2.28. The summed E-state index contributed by atoms with van der Waals surface area (Å²) in [6.45, 7) is 13.1. The van der Waals surface area contributed by atoms with Crippen LogP contribution >= 0.6 is 0 Å². The number of carbonyl (C=O) groups excluding carboxylic acids is 1. The lowest BCUT2D eigenvalue weighted by Crippen LogP contribution is -2.40. The van der Waals surface area contributed by atoms with Crippen molar-refractivity contribution in [1.82, 2.24) is 19.9 Å². The first kappa shape index (κ1) is 25.5. The molecule has 0 spiro atoms. The Balaban J connectivity index is 1.78. The molecule has 2 N–H and O–H groups in total. The summed E-state index contributed by atoms with van der Waals surface area (Å²) >= 11 is 0. The lowest BCUT2D eigenvalue weighted by atomic mass is 9.90. The number of alkyl carbamates (subject to hydrolysis) is 1. The molecule has 4 rings (SSSR count). The molecule has 1 aliphatic rings. The van der Waals surface area contributed by atoms with E-state index in [2.05, 4.69) is 33.3 Å². The van der Waals surface area contributed by atoms with E-state index in [1.807, 2.05) is 58.0 Å². The molecule has 3 aromatic rings. The molecule has 0 bridgehead atoms. The van der Waals surface area contributed by atoms with Crippen LogP contribution in [0.15, 0.2) is 30.3 Å². The molecule has 1 aliphatic heterocycles. The number of benzene rings is 1. The number of hydrogen-bond donors (Lipinski definition) is 2. The maximum atomic E-state index is 12.3. The van der Waals surface area contributed by atoms with Gasteiger partial charge in [-0.05, 0) is 52.2 Å². The third-order valence-electron chi connectivity index (χ3n) is 6.49. The van der Waals surface area contributed by atoms with E-state index in [0.717, 1.165) is 35.5 Å². The van der Waals surface area contributed by atoms with E-state index in [9.17, 15) is 15.2 Å². The molecule has 36 heavy (non-hydrogen) atoms. The van der Waals surface area contributed by atoms with Gasteiger partial charge in [0.15, 0.2) is 11.5 Å². The Morgan fingerprint density at radius 3 is 2.64 bits per heavy atom. The predicted octanol–water partition coefficient (Wildman–Crippen LogP) is 4.37. The summed E-state index contributed by atoms with van der Waals surface area (Å²) in [5, 5.41) is 27.8. The van der Waals surface area contributed by atoms with Crippen LogP contribution in [0.25, 0.3) is 16.8 Å². The third kappa shape index (κ3) is 5.00. The Bertz CT molecular complexity index is 1320. The summed E-state index contributed by atoms with van der Waals surface area (Å²) in [7, 11) is 0. The number of aliphatic hydroxyl groups is 1. The van der Waals surface area contributed by atoms with Crippen molar-refractivity contribution < 1.29 is 14.6 Å². The van der Waals surface area contributed by atoms with Crippen LogP contribution in [0.1, 0.15) is 64.1 Å². The topological polar surface area (TPSA) is 116 Å². The molecule has 190 valence electrons. The summed E-state index contributed by atoms with van der Waals surface area (Å²) in [4.78, 5) is 19.0. The van der Waals surface area contributed by atoms with Gasteiger partial charge in [-0.15, -0.1) is 5.10 Å². The normalized spacial score (nSPS) is 18.8. The van der Waals surface area contributed by atoms with Gasteiger partial charge in [-0.3, -0.25) is 0 Å². The Morgan fingerprint density at radius 1 is 1.33 bits per heavy atom. The second kappa shape index (κ2) is 9.43. The zero-order valence-corrected chi connectivity index (χ0v) is 21.8. The highest BCUT2D eigenvalue weighted by atomic mass is 16.6. The SMILES string of the molecule is Cc1c(-c2ccccc2)c(N2CC[C@@](C)(CNC(=O)OC(C)(C)C)C2)n2nc(C(C)O)nc2c1C#N. The van der Waals surface area contributed by atoms with E-state index >= 15 is 0 Å². The number of carbonyl (C=O) groups is 1. The molecule has 1 fully saturated rings. The first-order chi connectivity index (χ1) is 16.9. The molecule has 0 radical (unpaired) electrons. The number of fused-ring (bicyclic) bond motifs is 1. The smallest absolute Gasteiger partial charge is 0.407 e. The van der Waals surface area contributed by atoms with E-state index in [0.29, 0.717) is 24.3 Å². The first-order valence-corrected chi connectivity index (χ1v) is 12.2. The van der Waals surface area contributed by atoms with Crippen LogP contribution in [0, 0.1) is 23.7 Å². The van der Waals surface area contributed by atoms with Crippen molar-refractivity contribution in [2.45, 2.75) is 59.7 Å². The first-order valence-electron chi connectivity index (χ1n) is 12.2. The van der Waals surface area contributed by atoms with Gasteiger partial charge in [-0.1, -0.05) is 37.3 Å². The number of aliphatic hydroxyl groups excluding tert-OH is 1. The summed E-state index contributed by atoms with van der Waals surface area (Å²) in [6, 6.07) is 12.2. The number of rotatable bonds is 5. The van der Waals surface area contributed by atoms with Crippen molar-refractivity contribution in [3.63, 3.8) is 0 Å². The molecular formula is C27H34N6O3. The molecule has 2 atom stereocenters. The molecule has 1 saturated heterocycles. The Kier molecular flexibility index (Phi) is 6.67. The van der Waals surface area contributed by atoms with Crippen molar-refractivity contribution in [3.05, 3.63) is 47.3 Å². The number of hydrogen-bond acceptors (Lipinski definition) is 7. The quantitative estimate of drug-likeness (QED) is 0.545. The van der Waals surface area contributed by atoms with Crippen molar-refractivity contribution >= 4 is 17.6 Å². The molecular weight excluding hydrogens is 456 g/mol. The molecule has 2 aromatic heterocycles. The molecule has 9 nitrogen and oxygen atoms in total. The van der Waals surface area contributed by atoms with Crippen molar-refractivity contribution in [2.75, 3.05) is 24.5 Å². The average Bonchev–Trinajstić information content (AvgIpc) is 3.41. The average molecular weight is 491 g/mol. The van der Waals surface area contributed by atoms with Gasteiger partial charge in [0, 0.05) is 30.6 Å². The van der Waals surface area contributed by atoms with E-state index < -0.39 is 17.8 Å². The highest BCUT2D eigenvalue weighted by Crippen LogP contribution is 2.41. The molecule has 1 unspecified atom stereocenters. The standard InChI is InChI=1S/C27H34N6O3/c1-17-20(14-28)23-30-22(18(2)34)31-33(23)24(21(17)19-10-8-7-9-11-19)32-13-12-27(6,16-32)15-29-25(35)36-26(3,4)5/h7-11,18,34H,12-13,15-16H2,1-6H3,(H,29,35)/t18?,27-/m0/s1. The predicted molar refractivity (Wildman–Crippen MR) is 138 cm³/mol. The summed E-state index contributed by atoms with van der Waals surface area (Å²) in [6.07, 6.45) is -0.455. The van der Waals surface area contributed by atoms with Gasteiger partial charge in [-0.2, -0.15) is 9.78 Å². The number of nitrogens with one attached hydrogen (secondary N) is 1. The molecule has 3 heterocycles. The van der Waals surface area contributed by atoms with Crippen LogP contribution in [-0.2, 0) is 4.74 Å². The van der Waals surface area contributed by atoms with E-state index in [1.165, 1.54) is 0 Å². The second-order valence-corrected chi connectivity index (χ2v) is 10.9. The van der Waals surface area contributed by atoms with Gasteiger partial charge >= 0.3 is 6.09 Å². The van der Waals surface area contributed by atoms with Crippen LogP contribution in [-0.4, -0.2) is 51.0 Å². The van der Waals surface area contributed by atoms with E-state index in [-0.39, 0.29) is 11.2 Å². The minimum Gasteiger partial charge on any atom is -0.444 e. The third-order valence-corrected chi connectivity index (χ3v) is 6.49. The number of anilines is 1. The van der Waals surface area contributed by atoms with Crippen LogP contribution in [0.5, 0.6) is 0 Å². The molecule has 1 amide bonds. The van der Waals surface area contributed by atoms with Gasteiger partial charge in [0.25, 0.3) is 0 Å². The fourth-order valence-corrected chi connectivity index (χ4v) is 4.71. The molecule has 0 aliphatic carbocycles. The van der Waals surface area contributed by atoms with Crippen molar-refractivity contribution in [1.29, 1.82) is 5.26 Å². The molecule has 1 aromatic carbocycles. The van der Waals surface area contributed by atoms with E-state index in [1.54, 1.807) is 11.4 Å². The van der Waals surface area contributed by atoms with Crippen molar-refractivity contribution in [3.8, 4) is 17.2 Å². The monoisotopic (exact) mass is 490 g/mol. The van der Waals surface area contributed by atoms with Gasteiger partial charge in [-0.25, -0.2) is 9.78 Å². The van der Waals surface area contributed by atoms with Gasteiger partial charge in [0.1, 0.15) is 29.2 Å². The van der Waals surface area contributed by atoms with Crippen molar-refractivity contribution in [2.24, 2.45) is 5.41 Å². The maximum absolute atomic E-state index is 12.3. The number of amides is 1. The minimum absolute atomic E-state index is 0.202. The van der Waals surface area contributed by atoms with Crippen LogP contribution in [0.2, 0.25) is 0 Å². The highest BCUT2D eigenvalue weighted by Gasteiger charge is 2.38. The Hall–Kier alpha value is -3.64. The van der Waals surface area contributed by atoms with E-state index in [4.69, 9.17) is 4.74 Å². The van der Waals surface area contributed by atoms with Gasteiger partial charge in [0.05, 0.1) is 0 Å². The Morgan fingerprint density at radius 2 is 2.03 bits per heavy atom. The number of ether oxygens (including phenoxy) is 1. The summed E-state index contributed by atoms with van der Waals surface area (Å²) in [5.74, 6) is 1.10. The molecule has 0 saturated carbocycles. The zero-order chi connectivity index (χ0) is 26.3. The second-order valence-electron chi connectivity index (χ2n) is 10.9. The number of aromatic nitrogens is 3. The zero-order valence-electron chi connectivity index (χ0n) is 21.8. The van der Waals surface area contributed by atoms with Gasteiger partial charge in [0.2, 0.25) is 0 Å². The Labute approximate surface area is 211 Å². The number of nitriles is 1.